The minimum Gasteiger partial charge on any atom is -0.481 e. The van der Waals surface area contributed by atoms with E-state index >= 15 is 0 Å². The smallest absolute Gasteiger partial charge is 0.317 e. The van der Waals surface area contributed by atoms with Crippen LogP contribution in [0, 0.1) is 5.92 Å². The van der Waals surface area contributed by atoms with Gasteiger partial charge in [0.2, 0.25) is 0 Å². The average molecular weight is 288 g/mol. The standard InChI is InChI=1S/C12H20N2O4S/c15-11(16)5-10-7-14(2-3-18-10)12(17)13-6-9-1-4-19-8-9/h9-10H,1-8H2,(H,13,17)(H,15,16). The number of hydrogen-bond donors (Lipinski definition) is 2. The summed E-state index contributed by atoms with van der Waals surface area (Å²) in [7, 11) is 0. The first-order valence-electron chi connectivity index (χ1n) is 6.59. The minimum absolute atomic E-state index is 0.0525. The maximum atomic E-state index is 12.0. The Labute approximate surface area is 116 Å². The molecule has 19 heavy (non-hydrogen) atoms. The predicted octanol–water partition coefficient (Wildman–Crippen LogP) is 0.625. The van der Waals surface area contributed by atoms with Crippen molar-refractivity contribution < 1.29 is 19.4 Å². The molecule has 2 N–H and O–H groups in total. The number of thioether (sulfide) groups is 1. The maximum absolute atomic E-state index is 12.0. The lowest BCUT2D eigenvalue weighted by Crippen LogP contribution is -2.50. The Morgan fingerprint density at radius 2 is 2.32 bits per heavy atom. The fraction of sp³-hybridized carbons (Fsp3) is 0.833. The first kappa shape index (κ1) is 14.5. The second-order valence-electron chi connectivity index (χ2n) is 4.95. The molecule has 2 heterocycles. The molecule has 6 nitrogen and oxygen atoms in total. The van der Waals surface area contributed by atoms with Gasteiger partial charge < -0.3 is 20.1 Å². The number of aliphatic carboxylic acids is 1. The molecule has 2 saturated heterocycles. The van der Waals surface area contributed by atoms with Crippen LogP contribution in [0.1, 0.15) is 12.8 Å². The Bertz CT molecular complexity index is 334. The lowest BCUT2D eigenvalue weighted by molar-refractivity contribution is -0.141. The van der Waals surface area contributed by atoms with Gasteiger partial charge in [-0.3, -0.25) is 4.79 Å². The lowest BCUT2D eigenvalue weighted by atomic mass is 10.1. The van der Waals surface area contributed by atoms with E-state index in [1.807, 2.05) is 11.8 Å². The first-order valence-corrected chi connectivity index (χ1v) is 7.74. The van der Waals surface area contributed by atoms with Gasteiger partial charge >= 0.3 is 12.0 Å². The van der Waals surface area contributed by atoms with E-state index in [1.165, 1.54) is 5.75 Å². The number of nitrogens with one attached hydrogen (secondary N) is 1. The minimum atomic E-state index is -0.893. The largest absolute Gasteiger partial charge is 0.481 e. The van der Waals surface area contributed by atoms with E-state index in [0.717, 1.165) is 12.2 Å². The highest BCUT2D eigenvalue weighted by molar-refractivity contribution is 7.99. The zero-order valence-corrected chi connectivity index (χ0v) is 11.7. The summed E-state index contributed by atoms with van der Waals surface area (Å²) in [5, 5.41) is 11.7. The molecule has 2 aliphatic rings. The van der Waals surface area contributed by atoms with Crippen molar-refractivity contribution in [1.82, 2.24) is 10.2 Å². The molecule has 0 aromatic carbocycles. The quantitative estimate of drug-likeness (QED) is 0.793. The van der Waals surface area contributed by atoms with Crippen LogP contribution < -0.4 is 5.32 Å². The number of morpholine rings is 1. The fourth-order valence-electron chi connectivity index (χ4n) is 2.31. The van der Waals surface area contributed by atoms with Crippen molar-refractivity contribution in [3.8, 4) is 0 Å². The number of carbonyl (C=O) groups excluding carboxylic acids is 1. The molecule has 7 heteroatoms. The molecule has 2 aliphatic heterocycles. The molecule has 2 unspecified atom stereocenters. The van der Waals surface area contributed by atoms with Crippen LogP contribution in [0.15, 0.2) is 0 Å². The first-order chi connectivity index (χ1) is 9.15. The van der Waals surface area contributed by atoms with E-state index in [-0.39, 0.29) is 18.6 Å². The van der Waals surface area contributed by atoms with Gasteiger partial charge in [0.05, 0.1) is 19.1 Å². The monoisotopic (exact) mass is 288 g/mol. The Balaban J connectivity index is 1.73. The van der Waals surface area contributed by atoms with Crippen molar-refractivity contribution in [3.05, 3.63) is 0 Å². The normalized spacial score (nSPS) is 27.3. The number of nitrogens with zero attached hydrogens (tertiary/aromatic N) is 1. The lowest BCUT2D eigenvalue weighted by Gasteiger charge is -2.32. The Morgan fingerprint density at radius 1 is 1.47 bits per heavy atom. The number of carboxylic acids is 1. The zero-order chi connectivity index (χ0) is 13.7. The molecule has 0 saturated carbocycles. The van der Waals surface area contributed by atoms with Crippen molar-refractivity contribution in [1.29, 1.82) is 0 Å². The number of rotatable bonds is 4. The highest BCUT2D eigenvalue weighted by Crippen LogP contribution is 2.22. The third-order valence-electron chi connectivity index (χ3n) is 3.39. The predicted molar refractivity (Wildman–Crippen MR) is 72.4 cm³/mol. The summed E-state index contributed by atoms with van der Waals surface area (Å²) < 4.78 is 5.34. The third-order valence-corrected chi connectivity index (χ3v) is 4.63. The number of hydrogen-bond acceptors (Lipinski definition) is 4. The second kappa shape index (κ2) is 7.00. The van der Waals surface area contributed by atoms with Gasteiger partial charge in [-0.2, -0.15) is 11.8 Å². The molecule has 2 fully saturated rings. The number of carbonyl (C=O) groups is 2. The van der Waals surface area contributed by atoms with Crippen LogP contribution in [0.3, 0.4) is 0 Å². The van der Waals surface area contributed by atoms with E-state index in [4.69, 9.17) is 9.84 Å². The Morgan fingerprint density at radius 3 is 3.00 bits per heavy atom. The van der Waals surface area contributed by atoms with Crippen LogP contribution in [-0.4, -0.2) is 65.9 Å². The van der Waals surface area contributed by atoms with Crippen LogP contribution in [-0.2, 0) is 9.53 Å². The van der Waals surface area contributed by atoms with Gasteiger partial charge in [0.15, 0.2) is 0 Å². The molecular formula is C12H20N2O4S. The van der Waals surface area contributed by atoms with Gasteiger partial charge in [0, 0.05) is 19.6 Å². The van der Waals surface area contributed by atoms with Crippen LogP contribution in [0.25, 0.3) is 0 Å². The summed E-state index contributed by atoms with van der Waals surface area (Å²) in [5.41, 5.74) is 0. The Kier molecular flexibility index (Phi) is 5.33. The SMILES string of the molecule is O=C(O)CC1CN(C(=O)NCC2CCSC2)CCO1. The fourth-order valence-corrected chi connectivity index (χ4v) is 3.59. The van der Waals surface area contributed by atoms with E-state index in [2.05, 4.69) is 5.32 Å². The molecule has 0 aromatic rings. The molecule has 0 spiro atoms. The van der Waals surface area contributed by atoms with Gasteiger partial charge in [-0.1, -0.05) is 0 Å². The maximum Gasteiger partial charge on any atom is 0.317 e. The topological polar surface area (TPSA) is 78.9 Å². The van der Waals surface area contributed by atoms with Crippen molar-refractivity contribution in [2.45, 2.75) is 18.9 Å². The van der Waals surface area contributed by atoms with Gasteiger partial charge in [-0.15, -0.1) is 0 Å². The van der Waals surface area contributed by atoms with Crippen molar-refractivity contribution >= 4 is 23.8 Å². The summed E-state index contributed by atoms with van der Waals surface area (Å²) in [6, 6.07) is -0.101. The van der Waals surface area contributed by atoms with E-state index in [0.29, 0.717) is 32.2 Å². The van der Waals surface area contributed by atoms with Crippen LogP contribution in [0.2, 0.25) is 0 Å². The van der Waals surface area contributed by atoms with Crippen molar-refractivity contribution in [2.75, 3.05) is 37.7 Å². The molecule has 0 bridgehead atoms. The zero-order valence-electron chi connectivity index (χ0n) is 10.8. The average Bonchev–Trinajstić information content (AvgIpc) is 2.88. The summed E-state index contributed by atoms with van der Waals surface area (Å²) in [4.78, 5) is 24.3. The summed E-state index contributed by atoms with van der Waals surface area (Å²) >= 11 is 1.93. The number of urea groups is 1. The van der Waals surface area contributed by atoms with Crippen molar-refractivity contribution in [2.24, 2.45) is 5.92 Å². The van der Waals surface area contributed by atoms with E-state index in [1.54, 1.807) is 4.90 Å². The number of carboxylic acid groups (broad SMARTS) is 1. The van der Waals surface area contributed by atoms with Crippen molar-refractivity contribution in [3.63, 3.8) is 0 Å². The molecule has 0 aromatic heterocycles. The molecule has 2 rings (SSSR count). The van der Waals surface area contributed by atoms with Gasteiger partial charge in [-0.05, 0) is 23.8 Å². The summed E-state index contributed by atoms with van der Waals surface area (Å²) in [6.07, 6.45) is 0.720. The number of amides is 2. The van der Waals surface area contributed by atoms with Gasteiger partial charge in [0.1, 0.15) is 0 Å². The second-order valence-corrected chi connectivity index (χ2v) is 6.10. The third kappa shape index (κ3) is 4.58. The van der Waals surface area contributed by atoms with Gasteiger partial charge in [-0.25, -0.2) is 4.79 Å². The molecule has 0 radical (unpaired) electrons. The molecule has 2 atom stereocenters. The summed E-state index contributed by atoms with van der Waals surface area (Å²) in [6.45, 7) is 2.01. The molecule has 108 valence electrons. The van der Waals surface area contributed by atoms with E-state index < -0.39 is 5.97 Å². The van der Waals surface area contributed by atoms with E-state index in [9.17, 15) is 9.59 Å². The van der Waals surface area contributed by atoms with Crippen LogP contribution >= 0.6 is 11.8 Å². The Hall–Kier alpha value is -0.950. The van der Waals surface area contributed by atoms with Crippen LogP contribution in [0.4, 0.5) is 4.79 Å². The molecular weight excluding hydrogens is 268 g/mol. The number of ether oxygens (including phenoxy) is 1. The highest BCUT2D eigenvalue weighted by atomic mass is 32.2. The summed E-state index contributed by atoms with van der Waals surface area (Å²) in [5.74, 6) is 1.98. The van der Waals surface area contributed by atoms with Crippen LogP contribution in [0.5, 0.6) is 0 Å². The highest BCUT2D eigenvalue weighted by Gasteiger charge is 2.26. The van der Waals surface area contributed by atoms with Gasteiger partial charge in [0.25, 0.3) is 0 Å². The molecule has 0 aliphatic carbocycles. The molecule has 2 amide bonds.